The Morgan fingerprint density at radius 3 is 2.60 bits per heavy atom. The van der Waals surface area contributed by atoms with Gasteiger partial charge in [-0.1, -0.05) is 28.1 Å². The van der Waals surface area contributed by atoms with Gasteiger partial charge in [-0.2, -0.15) is 0 Å². The smallest absolute Gasteiger partial charge is 0.246 e. The van der Waals surface area contributed by atoms with E-state index in [0.29, 0.717) is 0 Å². The topological polar surface area (TPSA) is 20.3 Å². The minimum absolute atomic E-state index is 0.0116. The summed E-state index contributed by atoms with van der Waals surface area (Å²) < 4.78 is 1.00. The van der Waals surface area contributed by atoms with Crippen LogP contribution in [0.4, 0.5) is 0 Å². The number of hydrogen-bond donors (Lipinski definition) is 0. The van der Waals surface area contributed by atoms with Crippen LogP contribution in [-0.2, 0) is 4.79 Å². The maximum Gasteiger partial charge on any atom is 0.246 e. The lowest BCUT2D eigenvalue weighted by Gasteiger charge is -2.05. The van der Waals surface area contributed by atoms with Crippen molar-refractivity contribution in [3.63, 3.8) is 0 Å². The van der Waals surface area contributed by atoms with Crippen molar-refractivity contribution in [2.75, 3.05) is 14.1 Å². The molecule has 1 aromatic carbocycles. The van der Waals surface area contributed by atoms with E-state index in [1.807, 2.05) is 31.2 Å². The number of carbonyl (C=O) groups is 1. The Bertz CT molecular complexity index is 397. The molecule has 0 aromatic heterocycles. The zero-order valence-electron chi connectivity index (χ0n) is 9.12. The molecule has 0 aliphatic rings. The van der Waals surface area contributed by atoms with Gasteiger partial charge >= 0.3 is 0 Å². The van der Waals surface area contributed by atoms with E-state index in [1.165, 1.54) is 5.56 Å². The lowest BCUT2D eigenvalue weighted by atomic mass is 10.1. The van der Waals surface area contributed by atoms with Crippen molar-refractivity contribution in [1.29, 1.82) is 0 Å². The number of rotatable bonds is 2. The summed E-state index contributed by atoms with van der Waals surface area (Å²) in [6.07, 6.45) is 3.38. The molecule has 0 saturated heterocycles. The minimum atomic E-state index is -0.0116. The van der Waals surface area contributed by atoms with Crippen LogP contribution in [0.5, 0.6) is 0 Å². The predicted octanol–water partition coefficient (Wildman–Crippen LogP) is 2.86. The Morgan fingerprint density at radius 1 is 1.40 bits per heavy atom. The van der Waals surface area contributed by atoms with Crippen molar-refractivity contribution in [1.82, 2.24) is 4.90 Å². The van der Waals surface area contributed by atoms with Gasteiger partial charge in [-0.25, -0.2) is 0 Å². The summed E-state index contributed by atoms with van der Waals surface area (Å²) in [7, 11) is 3.47. The summed E-state index contributed by atoms with van der Waals surface area (Å²) in [4.78, 5) is 12.9. The summed E-state index contributed by atoms with van der Waals surface area (Å²) in [5, 5.41) is 0. The molecule has 3 heteroatoms. The van der Waals surface area contributed by atoms with Gasteiger partial charge in [-0.3, -0.25) is 4.79 Å². The molecule has 0 aliphatic heterocycles. The van der Waals surface area contributed by atoms with E-state index in [4.69, 9.17) is 0 Å². The Labute approximate surface area is 98.7 Å². The zero-order valence-corrected chi connectivity index (χ0v) is 10.7. The number of amides is 1. The third kappa shape index (κ3) is 3.51. The van der Waals surface area contributed by atoms with Gasteiger partial charge in [-0.05, 0) is 30.2 Å². The number of nitrogens with zero attached hydrogens (tertiary/aromatic N) is 1. The van der Waals surface area contributed by atoms with Gasteiger partial charge in [0.25, 0.3) is 0 Å². The summed E-state index contributed by atoms with van der Waals surface area (Å²) in [6.45, 7) is 2.03. The molecule has 2 nitrogen and oxygen atoms in total. The molecule has 15 heavy (non-hydrogen) atoms. The lowest BCUT2D eigenvalue weighted by molar-refractivity contribution is -0.123. The number of aryl methyl sites for hydroxylation is 1. The van der Waals surface area contributed by atoms with E-state index in [1.54, 1.807) is 25.1 Å². The van der Waals surface area contributed by atoms with Gasteiger partial charge in [0, 0.05) is 24.6 Å². The van der Waals surface area contributed by atoms with Gasteiger partial charge in [0.05, 0.1) is 0 Å². The first-order chi connectivity index (χ1) is 7.00. The molecule has 0 bridgehead atoms. The second-order valence-electron chi connectivity index (χ2n) is 3.59. The standard InChI is InChI=1S/C12H14BrNO/c1-9-4-5-10(11(13)8-9)6-7-12(15)14(2)3/h4-8H,1-3H3. The van der Waals surface area contributed by atoms with Gasteiger partial charge in [-0.15, -0.1) is 0 Å². The number of likely N-dealkylation sites (N-methyl/N-ethyl adjacent to an activating group) is 1. The summed E-state index contributed by atoms with van der Waals surface area (Å²) in [6, 6.07) is 6.03. The predicted molar refractivity (Wildman–Crippen MR) is 66.6 cm³/mol. The highest BCUT2D eigenvalue weighted by Crippen LogP contribution is 2.19. The molecule has 0 aliphatic carbocycles. The third-order valence-corrected chi connectivity index (χ3v) is 2.69. The van der Waals surface area contributed by atoms with E-state index < -0.39 is 0 Å². The third-order valence-electron chi connectivity index (χ3n) is 2.00. The van der Waals surface area contributed by atoms with Crippen molar-refractivity contribution < 1.29 is 4.79 Å². The van der Waals surface area contributed by atoms with Crippen molar-refractivity contribution >= 4 is 27.9 Å². The van der Waals surface area contributed by atoms with Crippen LogP contribution in [0.3, 0.4) is 0 Å². The van der Waals surface area contributed by atoms with Crippen molar-refractivity contribution in [2.45, 2.75) is 6.92 Å². The lowest BCUT2D eigenvalue weighted by Crippen LogP contribution is -2.18. The van der Waals surface area contributed by atoms with Crippen LogP contribution in [0.25, 0.3) is 6.08 Å². The second-order valence-corrected chi connectivity index (χ2v) is 4.45. The molecule has 80 valence electrons. The van der Waals surface area contributed by atoms with Gasteiger partial charge in [0.1, 0.15) is 0 Å². The second kappa shape index (κ2) is 5.12. The first-order valence-electron chi connectivity index (χ1n) is 4.66. The normalized spacial score (nSPS) is 10.7. The minimum Gasteiger partial charge on any atom is -0.345 e. The molecule has 0 saturated carbocycles. The highest BCUT2D eigenvalue weighted by molar-refractivity contribution is 9.10. The molecular weight excluding hydrogens is 254 g/mol. The van der Waals surface area contributed by atoms with Crippen LogP contribution in [0.15, 0.2) is 28.7 Å². The Kier molecular flexibility index (Phi) is 4.09. The molecule has 0 atom stereocenters. The maximum absolute atomic E-state index is 11.3. The zero-order chi connectivity index (χ0) is 11.4. The van der Waals surface area contributed by atoms with Gasteiger partial charge in [0.15, 0.2) is 0 Å². The maximum atomic E-state index is 11.3. The average Bonchev–Trinajstić information content (AvgIpc) is 2.15. The highest BCUT2D eigenvalue weighted by Gasteiger charge is 1.99. The van der Waals surface area contributed by atoms with E-state index in [0.717, 1.165) is 10.0 Å². The van der Waals surface area contributed by atoms with Crippen LogP contribution in [-0.4, -0.2) is 24.9 Å². The Balaban J connectivity index is 2.85. The van der Waals surface area contributed by atoms with Crippen LogP contribution >= 0.6 is 15.9 Å². The average molecular weight is 268 g/mol. The van der Waals surface area contributed by atoms with Crippen LogP contribution < -0.4 is 0 Å². The highest BCUT2D eigenvalue weighted by atomic mass is 79.9. The van der Waals surface area contributed by atoms with Crippen LogP contribution in [0.1, 0.15) is 11.1 Å². The molecule has 0 fully saturated rings. The molecule has 0 heterocycles. The molecule has 1 rings (SSSR count). The quantitative estimate of drug-likeness (QED) is 0.755. The number of carbonyl (C=O) groups excluding carboxylic acids is 1. The van der Waals surface area contributed by atoms with Crippen molar-refractivity contribution in [2.24, 2.45) is 0 Å². The summed E-state index contributed by atoms with van der Waals surface area (Å²) in [5.74, 6) is -0.0116. The first-order valence-corrected chi connectivity index (χ1v) is 5.45. The van der Waals surface area contributed by atoms with Crippen LogP contribution in [0.2, 0.25) is 0 Å². The monoisotopic (exact) mass is 267 g/mol. The fourth-order valence-corrected chi connectivity index (χ4v) is 1.70. The molecule has 1 aromatic rings. The van der Waals surface area contributed by atoms with E-state index in [9.17, 15) is 4.79 Å². The Morgan fingerprint density at radius 2 is 2.07 bits per heavy atom. The van der Waals surface area contributed by atoms with Crippen molar-refractivity contribution in [3.8, 4) is 0 Å². The largest absolute Gasteiger partial charge is 0.345 e. The van der Waals surface area contributed by atoms with E-state index in [-0.39, 0.29) is 5.91 Å². The SMILES string of the molecule is Cc1ccc(C=CC(=O)N(C)C)c(Br)c1. The van der Waals surface area contributed by atoms with Gasteiger partial charge < -0.3 is 4.90 Å². The van der Waals surface area contributed by atoms with E-state index in [2.05, 4.69) is 15.9 Å². The van der Waals surface area contributed by atoms with E-state index >= 15 is 0 Å². The summed E-state index contributed by atoms with van der Waals surface area (Å²) in [5.41, 5.74) is 2.20. The molecule has 1 amide bonds. The number of halogens is 1. The van der Waals surface area contributed by atoms with Gasteiger partial charge in [0.2, 0.25) is 5.91 Å². The fraction of sp³-hybridized carbons (Fsp3) is 0.250. The van der Waals surface area contributed by atoms with Crippen molar-refractivity contribution in [3.05, 3.63) is 39.9 Å². The molecular formula is C12H14BrNO. The number of hydrogen-bond acceptors (Lipinski definition) is 1. The molecule has 0 unspecified atom stereocenters. The summed E-state index contributed by atoms with van der Waals surface area (Å²) >= 11 is 3.46. The first kappa shape index (κ1) is 12.0. The molecule has 0 radical (unpaired) electrons. The number of benzene rings is 1. The Hall–Kier alpha value is -1.09. The molecule has 0 N–H and O–H groups in total. The fourth-order valence-electron chi connectivity index (χ4n) is 1.08. The van der Waals surface area contributed by atoms with Crippen LogP contribution in [0, 0.1) is 6.92 Å². The molecule has 0 spiro atoms.